The van der Waals surface area contributed by atoms with Crippen LogP contribution in [0.25, 0.3) is 10.9 Å². The molecule has 2 aromatic carbocycles. The fourth-order valence-electron chi connectivity index (χ4n) is 3.90. The zero-order chi connectivity index (χ0) is 26.3. The largest absolute Gasteiger partial charge is 0.489 e. The topological polar surface area (TPSA) is 135 Å². The summed E-state index contributed by atoms with van der Waals surface area (Å²) in [6.45, 7) is -0.196. The van der Waals surface area contributed by atoms with E-state index in [1.54, 1.807) is 12.1 Å². The Labute approximate surface area is 214 Å². The highest BCUT2D eigenvalue weighted by Gasteiger charge is 2.32. The summed E-state index contributed by atoms with van der Waals surface area (Å²) in [5.41, 5.74) is 0.520. The van der Waals surface area contributed by atoms with E-state index in [0.29, 0.717) is 40.4 Å². The lowest BCUT2D eigenvalue weighted by Crippen LogP contribution is -2.49. The first-order valence-corrected chi connectivity index (χ1v) is 10.8. The van der Waals surface area contributed by atoms with Gasteiger partial charge in [-0.3, -0.25) is 14.7 Å². The van der Waals surface area contributed by atoms with E-state index in [9.17, 15) is 22.8 Å². The van der Waals surface area contributed by atoms with Gasteiger partial charge in [0.1, 0.15) is 48.0 Å². The molecule has 198 valence electrons. The number of halogens is 3. The van der Waals surface area contributed by atoms with Gasteiger partial charge in [0.25, 0.3) is 11.8 Å². The normalized spacial score (nSPS) is 14.8. The second kappa shape index (κ2) is 10.3. The average molecular weight is 529 g/mol. The quantitative estimate of drug-likeness (QED) is 0.403. The number of carbonyl (C=O) groups is 2. The molecule has 14 heteroatoms. The van der Waals surface area contributed by atoms with Gasteiger partial charge in [0.2, 0.25) is 11.7 Å². The molecule has 0 radical (unpaired) electrons. The van der Waals surface area contributed by atoms with Crippen LogP contribution in [0.2, 0.25) is 0 Å². The third kappa shape index (κ3) is 4.79. The molecule has 0 unspecified atom stereocenters. The van der Waals surface area contributed by atoms with Crippen molar-refractivity contribution in [3.8, 4) is 11.6 Å². The summed E-state index contributed by atoms with van der Waals surface area (Å²) in [7, 11) is 2.99. The Morgan fingerprint density at radius 3 is 2.66 bits per heavy atom. The summed E-state index contributed by atoms with van der Waals surface area (Å²) in [6.07, 6.45) is 0.938. The molecular weight excluding hydrogens is 507 g/mol. The van der Waals surface area contributed by atoms with Crippen molar-refractivity contribution in [1.82, 2.24) is 30.5 Å². The molecule has 2 aromatic heterocycles. The van der Waals surface area contributed by atoms with Crippen molar-refractivity contribution in [1.29, 1.82) is 0 Å². The van der Waals surface area contributed by atoms with Crippen LogP contribution in [0.15, 0.2) is 30.6 Å². The van der Waals surface area contributed by atoms with Crippen molar-refractivity contribution >= 4 is 28.4 Å². The van der Waals surface area contributed by atoms with Gasteiger partial charge in [-0.25, -0.2) is 28.1 Å². The maximum atomic E-state index is 13.9. The molecule has 0 fully saturated rings. The summed E-state index contributed by atoms with van der Waals surface area (Å²) in [4.78, 5) is 39.4. The summed E-state index contributed by atoms with van der Waals surface area (Å²) in [5, 5.41) is 9.25. The molecule has 0 aliphatic carbocycles. The van der Waals surface area contributed by atoms with E-state index in [1.807, 2.05) is 0 Å². The molecule has 3 heterocycles. The number of ether oxygens (including phenoxy) is 2. The summed E-state index contributed by atoms with van der Waals surface area (Å²) in [5.74, 6) is -4.26. The lowest BCUT2D eigenvalue weighted by molar-refractivity contribution is -0.120. The molecule has 5 rings (SSSR count). The molecule has 0 saturated carbocycles. The number of fused-ring (bicyclic) bond motifs is 2. The Hall–Kier alpha value is -4.75. The fourth-order valence-corrected chi connectivity index (χ4v) is 3.90. The fraction of sp³-hybridized carbons (Fsp3) is 0.250. The van der Waals surface area contributed by atoms with Crippen LogP contribution in [0.4, 0.5) is 18.9 Å². The number of aromatic nitrogens is 5. The minimum absolute atomic E-state index is 0. The number of rotatable bonds is 5. The number of methoxy groups -OCH3 is 1. The second-order valence-electron chi connectivity index (χ2n) is 8.08. The first-order chi connectivity index (χ1) is 17.7. The molecule has 1 aliphatic rings. The number of aromatic amines is 1. The number of benzene rings is 2. The number of anilines is 1. The van der Waals surface area contributed by atoms with Gasteiger partial charge < -0.3 is 19.7 Å². The Bertz CT molecular complexity index is 1520. The number of carbonyl (C=O) groups excluding carboxylic acids is 2. The van der Waals surface area contributed by atoms with Crippen LogP contribution in [0.3, 0.4) is 0 Å². The number of likely N-dealkylation sites (N-methyl/N-ethyl adjacent to an activating group) is 1. The zero-order valence-electron chi connectivity index (χ0n) is 19.4. The maximum absolute atomic E-state index is 13.9. The molecule has 1 aliphatic heterocycles. The van der Waals surface area contributed by atoms with Crippen LogP contribution >= 0.6 is 0 Å². The van der Waals surface area contributed by atoms with Crippen LogP contribution < -0.4 is 19.7 Å². The molecule has 38 heavy (non-hydrogen) atoms. The van der Waals surface area contributed by atoms with Gasteiger partial charge in [-0.2, -0.15) is 0 Å². The predicted molar refractivity (Wildman–Crippen MR) is 128 cm³/mol. The SMILES string of the molecule is C.COc1ncnc2cc3c(cc12)N(C)C(=O)[C@@H](NC(=O)c1n[nH]c(Cc2c(F)cc(F)cc2F)n1)CO3. The predicted octanol–water partition coefficient (Wildman–Crippen LogP) is 2.55. The van der Waals surface area contributed by atoms with E-state index in [2.05, 4.69) is 30.5 Å². The highest BCUT2D eigenvalue weighted by Crippen LogP contribution is 2.36. The second-order valence-corrected chi connectivity index (χ2v) is 8.08. The molecule has 4 aromatic rings. The summed E-state index contributed by atoms with van der Waals surface area (Å²) in [6, 6.07) is 3.27. The van der Waals surface area contributed by atoms with Crippen molar-refractivity contribution < 1.29 is 32.2 Å². The third-order valence-electron chi connectivity index (χ3n) is 5.76. The molecule has 0 saturated heterocycles. The molecule has 2 amide bonds. The van der Waals surface area contributed by atoms with Crippen LogP contribution in [0.1, 0.15) is 29.4 Å². The Morgan fingerprint density at radius 2 is 1.95 bits per heavy atom. The van der Waals surface area contributed by atoms with Crippen molar-refractivity contribution in [2.24, 2.45) is 0 Å². The summed E-state index contributed by atoms with van der Waals surface area (Å²) >= 11 is 0. The van der Waals surface area contributed by atoms with Gasteiger partial charge in [0.15, 0.2) is 0 Å². The van der Waals surface area contributed by atoms with Gasteiger partial charge >= 0.3 is 0 Å². The average Bonchev–Trinajstić information content (AvgIpc) is 3.31. The monoisotopic (exact) mass is 529 g/mol. The van der Waals surface area contributed by atoms with Gasteiger partial charge in [-0.05, 0) is 6.07 Å². The minimum atomic E-state index is -1.10. The first-order valence-electron chi connectivity index (χ1n) is 10.8. The first kappa shape index (κ1) is 26.3. The Balaban J connectivity index is 0.00000336. The molecule has 0 spiro atoms. The maximum Gasteiger partial charge on any atom is 0.291 e. The molecule has 1 atom stereocenters. The van der Waals surface area contributed by atoms with E-state index in [-0.39, 0.29) is 25.7 Å². The zero-order valence-corrected chi connectivity index (χ0v) is 19.4. The number of nitrogens with one attached hydrogen (secondary N) is 2. The van der Waals surface area contributed by atoms with Crippen molar-refractivity contribution in [3.63, 3.8) is 0 Å². The van der Waals surface area contributed by atoms with Crippen LogP contribution in [-0.2, 0) is 11.2 Å². The van der Waals surface area contributed by atoms with Crippen molar-refractivity contribution in [2.75, 3.05) is 25.7 Å². The Morgan fingerprint density at radius 1 is 1.21 bits per heavy atom. The Kier molecular flexibility index (Phi) is 7.15. The molecular formula is C24H22F3N7O4. The van der Waals surface area contributed by atoms with Gasteiger partial charge in [0.05, 0.1) is 23.7 Å². The van der Waals surface area contributed by atoms with E-state index in [0.717, 1.165) is 0 Å². The lowest BCUT2D eigenvalue weighted by atomic mass is 10.1. The standard InChI is InChI=1S/C23H18F3N7O4.CH4/c1-33-17-5-12-15(27-9-28-22(12)36-2)7-18(17)37-8-16(23(33)35)29-21(34)20-30-19(31-32-20)6-11-13(25)3-10(24)4-14(11)26;/h3-5,7,9,16H,6,8H2,1-2H3,(H,29,34)(H,30,31,32);1H4/t16-;/m0./s1. The highest BCUT2D eigenvalue weighted by atomic mass is 19.1. The number of H-pyrrole nitrogens is 1. The smallest absolute Gasteiger partial charge is 0.291 e. The number of hydrogen-bond acceptors (Lipinski definition) is 8. The summed E-state index contributed by atoms with van der Waals surface area (Å²) < 4.78 is 52.1. The third-order valence-corrected chi connectivity index (χ3v) is 5.76. The number of amides is 2. The van der Waals surface area contributed by atoms with Gasteiger partial charge in [-0.15, -0.1) is 5.10 Å². The van der Waals surface area contributed by atoms with E-state index in [4.69, 9.17) is 9.47 Å². The van der Waals surface area contributed by atoms with Crippen molar-refractivity contribution in [2.45, 2.75) is 19.9 Å². The number of hydrogen-bond donors (Lipinski definition) is 2. The van der Waals surface area contributed by atoms with Gasteiger partial charge in [-0.1, -0.05) is 7.43 Å². The molecule has 11 nitrogen and oxygen atoms in total. The van der Waals surface area contributed by atoms with Gasteiger partial charge in [0, 0.05) is 37.2 Å². The van der Waals surface area contributed by atoms with Crippen LogP contribution in [0, 0.1) is 17.5 Å². The molecule has 2 N–H and O–H groups in total. The minimum Gasteiger partial charge on any atom is -0.489 e. The van der Waals surface area contributed by atoms with Crippen LogP contribution in [0.5, 0.6) is 11.6 Å². The lowest BCUT2D eigenvalue weighted by Gasteiger charge is -2.20. The highest BCUT2D eigenvalue weighted by molar-refractivity contribution is 6.04. The van der Waals surface area contributed by atoms with E-state index in [1.165, 1.54) is 25.4 Å². The van der Waals surface area contributed by atoms with Crippen molar-refractivity contribution in [3.05, 3.63) is 65.3 Å². The molecule has 0 bridgehead atoms. The van der Waals surface area contributed by atoms with E-state index >= 15 is 0 Å². The van der Waals surface area contributed by atoms with E-state index < -0.39 is 47.3 Å². The number of nitrogens with zero attached hydrogens (tertiary/aromatic N) is 5. The van der Waals surface area contributed by atoms with Crippen LogP contribution in [-0.4, -0.2) is 63.8 Å².